The molecule has 0 fully saturated rings. The molecule has 4 N–H and O–H groups in total. The van der Waals surface area contributed by atoms with Crippen molar-refractivity contribution in [1.29, 1.82) is 0 Å². The van der Waals surface area contributed by atoms with Gasteiger partial charge >= 0.3 is 6.09 Å². The predicted octanol–water partition coefficient (Wildman–Crippen LogP) is 12.4. The number of ether oxygens (including phenoxy) is 4. The zero-order chi connectivity index (χ0) is 77.4. The zero-order valence-electron chi connectivity index (χ0n) is 58.1. The van der Waals surface area contributed by atoms with E-state index in [4.69, 9.17) is 52.9 Å². The third kappa shape index (κ3) is 18.7. The molecule has 2 atom stereocenters. The number of sulfonamides is 2. The van der Waals surface area contributed by atoms with Crippen LogP contribution in [0, 0.1) is 23.3 Å². The highest BCUT2D eigenvalue weighted by atomic mass is 35.5. The monoisotopic (exact) mass is 1550 g/mol. The first-order chi connectivity index (χ1) is 49.5. The SMILES string of the molecule is COc1ccc(CN(c2nn(C)c3c(-n4c([C@H](Cc5cc(F)cc(F)c5)NC(=O)OC(C)(C)C)nc5nc(OCCC(C)(F)F)ccc5c4=O)ccc(Cl)c23)S(C)(=O)=O)cc1.Cn1nc(NS(C)(=O)=O)c2c(Cl)ccc(-n3c([C@@H](N)Cc4cc(F)cc(F)c4)nc4nc(OCCC(C)(F)F)ccc4c3=O)c21. The number of nitrogens with one attached hydrogen (secondary N) is 2. The van der Waals surface area contributed by atoms with Gasteiger partial charge in [-0.1, -0.05) is 35.3 Å². The number of rotatable bonds is 24. The van der Waals surface area contributed by atoms with Crippen molar-refractivity contribution in [1.82, 2.24) is 53.9 Å². The number of carbonyl (C=O) groups is 1. The van der Waals surface area contributed by atoms with Gasteiger partial charge in [0.2, 0.25) is 43.7 Å². The van der Waals surface area contributed by atoms with E-state index in [-0.39, 0.29) is 137 Å². The fourth-order valence-corrected chi connectivity index (χ4v) is 13.1. The number of aromatic nitrogens is 10. The van der Waals surface area contributed by atoms with Crippen LogP contribution in [0.5, 0.6) is 17.5 Å². The Balaban J connectivity index is 0.000000237. The van der Waals surface area contributed by atoms with Crippen molar-refractivity contribution >= 4 is 105 Å². The number of methoxy groups -OCH3 is 1. The number of carbonyl (C=O) groups excluding carboxylic acids is 1. The van der Waals surface area contributed by atoms with Gasteiger partial charge in [-0.05, 0) is 131 Å². The van der Waals surface area contributed by atoms with Gasteiger partial charge in [-0.2, -0.15) is 20.2 Å². The number of anilines is 2. The molecule has 0 saturated carbocycles. The Bertz CT molecular complexity index is 5540. The number of hydrogen-bond donors (Lipinski definition) is 3. The summed E-state index contributed by atoms with van der Waals surface area (Å²) in [7, 11) is -3.31. The molecule has 0 unspecified atom stereocenters. The second-order valence-corrected chi connectivity index (χ2v) is 30.3. The molecular weight excluding hydrogens is 1490 g/mol. The number of pyridine rings is 2. The summed E-state index contributed by atoms with van der Waals surface area (Å²) in [6.07, 6.45) is -0.765. The molecule has 11 rings (SSSR count). The Morgan fingerprint density at radius 3 is 1.55 bits per heavy atom. The molecule has 5 aromatic carbocycles. The zero-order valence-corrected chi connectivity index (χ0v) is 61.2. The minimum atomic E-state index is -4.05. The lowest BCUT2D eigenvalue weighted by molar-refractivity contribution is -0.000427. The van der Waals surface area contributed by atoms with Crippen LogP contribution >= 0.6 is 23.2 Å². The van der Waals surface area contributed by atoms with Crippen LogP contribution in [0.15, 0.2) is 119 Å². The summed E-state index contributed by atoms with van der Waals surface area (Å²) in [4.78, 5) is 60.4. The average Bonchev–Trinajstić information content (AvgIpc) is 1.47. The van der Waals surface area contributed by atoms with Gasteiger partial charge in [0.05, 0.1) is 105 Å². The van der Waals surface area contributed by atoms with Crippen molar-refractivity contribution < 1.29 is 75.7 Å². The molecule has 6 heterocycles. The number of benzene rings is 5. The van der Waals surface area contributed by atoms with Crippen molar-refractivity contribution in [2.24, 2.45) is 19.8 Å². The molecule has 0 radical (unpaired) electrons. The fraction of sp³-hybridized carbons (Fsp3) is 0.319. The maximum Gasteiger partial charge on any atom is 0.408 e. The normalized spacial score (nSPS) is 12.8. The van der Waals surface area contributed by atoms with E-state index in [9.17, 15) is 66.3 Å². The van der Waals surface area contributed by atoms with Gasteiger partial charge in [0, 0.05) is 57.6 Å². The molecule has 0 aliphatic carbocycles. The lowest BCUT2D eigenvalue weighted by Crippen LogP contribution is -2.39. The van der Waals surface area contributed by atoms with Crippen LogP contribution in [0.2, 0.25) is 10.0 Å². The van der Waals surface area contributed by atoms with Gasteiger partial charge in [0.1, 0.15) is 46.3 Å². The van der Waals surface area contributed by atoms with Crippen molar-refractivity contribution in [3.05, 3.63) is 192 Å². The number of hydrogen-bond acceptors (Lipinski definition) is 18. The molecule has 6 aromatic heterocycles. The van der Waals surface area contributed by atoms with E-state index in [0.717, 1.165) is 64.1 Å². The van der Waals surface area contributed by atoms with Crippen molar-refractivity contribution in [3.8, 4) is 28.9 Å². The van der Waals surface area contributed by atoms with E-state index < -0.39 is 110 Å². The molecule has 106 heavy (non-hydrogen) atoms. The minimum absolute atomic E-state index is 0.00401. The molecule has 37 heteroatoms. The Kier molecular flexibility index (Phi) is 22.7. The number of fused-ring (bicyclic) bond motifs is 4. The number of amides is 1. The Hall–Kier alpha value is -10.2. The highest BCUT2D eigenvalue weighted by molar-refractivity contribution is 7.92. The first-order valence-corrected chi connectivity index (χ1v) is 36.4. The van der Waals surface area contributed by atoms with Crippen molar-refractivity contribution in [3.63, 3.8) is 0 Å². The minimum Gasteiger partial charge on any atom is -0.497 e. The lowest BCUT2D eigenvalue weighted by Gasteiger charge is -2.26. The van der Waals surface area contributed by atoms with Crippen LogP contribution in [-0.4, -0.2) is 122 Å². The fourth-order valence-electron chi connectivity index (χ4n) is 11.3. The summed E-state index contributed by atoms with van der Waals surface area (Å²) in [5.74, 6) is -9.64. The predicted molar refractivity (Wildman–Crippen MR) is 382 cm³/mol. The van der Waals surface area contributed by atoms with E-state index >= 15 is 0 Å². The maximum absolute atomic E-state index is 14.9. The van der Waals surface area contributed by atoms with Crippen molar-refractivity contribution in [2.75, 3.05) is 41.9 Å². The largest absolute Gasteiger partial charge is 0.497 e. The Morgan fingerprint density at radius 2 is 1.08 bits per heavy atom. The van der Waals surface area contributed by atoms with Gasteiger partial charge in [-0.25, -0.2) is 71.0 Å². The highest BCUT2D eigenvalue weighted by Crippen LogP contribution is 2.40. The first-order valence-electron chi connectivity index (χ1n) is 31.9. The van der Waals surface area contributed by atoms with E-state index in [0.29, 0.717) is 23.4 Å². The molecule has 0 aliphatic heterocycles. The quantitative estimate of drug-likeness (QED) is 0.0473. The van der Waals surface area contributed by atoms with Crippen LogP contribution in [0.3, 0.4) is 0 Å². The van der Waals surface area contributed by atoms with Crippen LogP contribution in [0.1, 0.15) is 87.9 Å². The van der Waals surface area contributed by atoms with Crippen LogP contribution in [0.25, 0.3) is 55.2 Å². The van der Waals surface area contributed by atoms with Gasteiger partial charge < -0.3 is 30.0 Å². The van der Waals surface area contributed by atoms with Gasteiger partial charge in [-0.15, -0.1) is 0 Å². The second kappa shape index (κ2) is 30.7. The van der Waals surface area contributed by atoms with Crippen LogP contribution < -0.4 is 45.4 Å². The third-order valence-corrected chi connectivity index (χ3v) is 18.1. The number of nitrogens with two attached hydrogens (primary N) is 1. The molecule has 25 nitrogen and oxygen atoms in total. The third-order valence-electron chi connectivity index (χ3n) is 15.8. The van der Waals surface area contributed by atoms with Gasteiger partial charge in [0.25, 0.3) is 11.1 Å². The number of alkyl halides is 4. The molecule has 0 aliphatic rings. The van der Waals surface area contributed by atoms with E-state index in [2.05, 4.69) is 35.2 Å². The molecule has 0 spiro atoms. The molecule has 0 bridgehead atoms. The highest BCUT2D eigenvalue weighted by Gasteiger charge is 2.33. The van der Waals surface area contributed by atoms with Crippen LogP contribution in [0.4, 0.5) is 51.6 Å². The Labute approximate surface area is 609 Å². The van der Waals surface area contributed by atoms with E-state index in [1.54, 1.807) is 45.0 Å². The summed E-state index contributed by atoms with van der Waals surface area (Å²) < 4.78 is 192. The number of alkyl carbamates (subject to hydrolysis) is 1. The van der Waals surface area contributed by atoms with E-state index in [1.807, 2.05) is 0 Å². The number of aryl methyl sites for hydroxylation is 2. The summed E-state index contributed by atoms with van der Waals surface area (Å²) >= 11 is 13.3. The first kappa shape index (κ1) is 78.4. The maximum atomic E-state index is 14.9. The van der Waals surface area contributed by atoms with Crippen molar-refractivity contribution in [2.45, 2.75) is 96.4 Å². The molecular formula is C69H68Cl2F8N14O11S2. The van der Waals surface area contributed by atoms with Crippen LogP contribution in [-0.2, 0) is 58.3 Å². The summed E-state index contributed by atoms with van der Waals surface area (Å²) in [5.41, 5.74) is 5.15. The molecule has 0 saturated heterocycles. The topological polar surface area (TPSA) is 307 Å². The molecule has 562 valence electrons. The molecule has 11 aromatic rings. The summed E-state index contributed by atoms with van der Waals surface area (Å²) in [6, 6.07) is 20.9. The Morgan fingerprint density at radius 1 is 0.613 bits per heavy atom. The lowest BCUT2D eigenvalue weighted by atomic mass is 10.0. The number of nitrogens with zero attached hydrogens (tertiary/aromatic N) is 11. The summed E-state index contributed by atoms with van der Waals surface area (Å²) in [5, 5.41) is 11.9. The smallest absolute Gasteiger partial charge is 0.408 e. The standard InChI is InChI=1S/C41H42ClF4N7O7S.C28H26ClF4N7O4S/c1-40(2,3)60-39(55)47-30(20-24-18-25(43)21-26(44)19-24)36-49-35-28(12-15-32(48-35)59-17-16-41(4,45)46)38(54)53(36)31-14-13-29(42)33-34(31)51(5)50-37(33)52(61(7,56)57)22-23-8-10-27(58-6)11-9-23;1-28(32,33)8-9-44-21-7-4-17-24(35-21)36-26(19(34)12-14-10-15(30)13-16(31)11-14)40(27(17)41)20-6-5-18(29)22-23(20)39(2)37-25(22)38-45(3,42)43/h8-15,18-19,21,30H,16-17,20,22H2,1-7H3,(H,47,55);4-7,10-11,13,19H,8-9,12,34H2,1-3H3,(H,37,38)/t30-;19-/m00/s1. The van der Waals surface area contributed by atoms with Gasteiger partial charge in [-0.3, -0.25) is 32.8 Å². The van der Waals surface area contributed by atoms with Gasteiger partial charge in [0.15, 0.2) is 22.9 Å². The summed E-state index contributed by atoms with van der Waals surface area (Å²) in [6.45, 7) is 5.39. The second-order valence-electron chi connectivity index (χ2n) is 25.9. The average molecular weight is 1560 g/mol. The number of halogens is 10. The van der Waals surface area contributed by atoms with E-state index in [1.165, 1.54) is 79.1 Å². The molecule has 1 amide bonds.